The van der Waals surface area contributed by atoms with Crippen molar-refractivity contribution in [1.29, 1.82) is 0 Å². The first-order valence-electron chi connectivity index (χ1n) is 6.49. The number of carboxylic acid groups (broad SMARTS) is 1. The van der Waals surface area contributed by atoms with Crippen LogP contribution < -0.4 is 4.74 Å². The first-order valence-corrected chi connectivity index (χ1v) is 6.49. The number of hydrogen-bond acceptors (Lipinski definition) is 3. The molecule has 0 aromatic heterocycles. The molecule has 0 aliphatic heterocycles. The number of carbonyl (C=O) groups is 2. The fourth-order valence-electron chi connectivity index (χ4n) is 2.75. The molecule has 0 spiro atoms. The summed E-state index contributed by atoms with van der Waals surface area (Å²) in [5.41, 5.74) is -0.491. The van der Waals surface area contributed by atoms with Gasteiger partial charge < -0.3 is 9.84 Å². The zero-order valence-corrected chi connectivity index (χ0v) is 11.0. The van der Waals surface area contributed by atoms with E-state index in [-0.39, 0.29) is 12.2 Å². The van der Waals surface area contributed by atoms with Crippen molar-refractivity contribution >= 4 is 11.8 Å². The molecule has 1 N–H and O–H groups in total. The lowest BCUT2D eigenvalue weighted by Crippen LogP contribution is -2.43. The van der Waals surface area contributed by atoms with Gasteiger partial charge in [-0.1, -0.05) is 24.6 Å². The lowest BCUT2D eigenvalue weighted by molar-refractivity contribution is -0.157. The molecule has 2 rings (SSSR count). The third-order valence-electron chi connectivity index (χ3n) is 3.89. The average molecular weight is 262 g/mol. The van der Waals surface area contributed by atoms with Gasteiger partial charge in [-0.3, -0.25) is 9.59 Å². The summed E-state index contributed by atoms with van der Waals surface area (Å²) in [5.74, 6) is -0.526. The van der Waals surface area contributed by atoms with E-state index >= 15 is 0 Å². The van der Waals surface area contributed by atoms with Crippen LogP contribution >= 0.6 is 0 Å². The van der Waals surface area contributed by atoms with Crippen LogP contribution in [0.3, 0.4) is 0 Å². The van der Waals surface area contributed by atoms with Crippen molar-refractivity contribution in [3.8, 4) is 5.75 Å². The normalized spacial score (nSPS) is 23.1. The third kappa shape index (κ3) is 2.48. The zero-order chi connectivity index (χ0) is 13.9. The molecule has 1 aliphatic carbocycles. The molecule has 0 heterocycles. The van der Waals surface area contributed by atoms with Crippen LogP contribution in [0, 0.1) is 5.41 Å². The number of ketones is 1. The molecule has 1 aromatic carbocycles. The molecule has 4 heteroatoms. The Morgan fingerprint density at radius 1 is 1.37 bits per heavy atom. The molecule has 0 saturated heterocycles. The average Bonchev–Trinajstić information content (AvgIpc) is 2.41. The van der Waals surface area contributed by atoms with E-state index in [1.165, 1.54) is 0 Å². The molecule has 19 heavy (non-hydrogen) atoms. The van der Waals surface area contributed by atoms with Gasteiger partial charge in [0.25, 0.3) is 0 Å². The molecule has 1 fully saturated rings. The van der Waals surface area contributed by atoms with Gasteiger partial charge in [0, 0.05) is 6.42 Å². The number of methoxy groups -OCH3 is 1. The molecular formula is C15H18O4. The van der Waals surface area contributed by atoms with E-state index in [1.807, 2.05) is 18.2 Å². The summed E-state index contributed by atoms with van der Waals surface area (Å²) < 4.78 is 5.24. The van der Waals surface area contributed by atoms with Crippen molar-refractivity contribution in [2.75, 3.05) is 7.11 Å². The number of carboxylic acids is 1. The predicted octanol–water partition coefficient (Wildman–Crippen LogP) is 2.45. The van der Waals surface area contributed by atoms with Gasteiger partial charge in [0.05, 0.1) is 7.11 Å². The van der Waals surface area contributed by atoms with Crippen LogP contribution in [0.15, 0.2) is 24.3 Å². The molecule has 1 unspecified atom stereocenters. The summed E-state index contributed by atoms with van der Waals surface area (Å²) in [4.78, 5) is 23.8. The van der Waals surface area contributed by atoms with E-state index in [0.29, 0.717) is 18.6 Å². The van der Waals surface area contributed by atoms with Crippen LogP contribution in [0.5, 0.6) is 5.75 Å². The maximum absolute atomic E-state index is 12.1. The highest BCUT2D eigenvalue weighted by Crippen LogP contribution is 2.38. The van der Waals surface area contributed by atoms with E-state index in [0.717, 1.165) is 18.4 Å². The highest BCUT2D eigenvalue weighted by Gasteiger charge is 2.47. The number of rotatable bonds is 4. The number of aliphatic carboxylic acids is 1. The first-order chi connectivity index (χ1) is 9.10. The van der Waals surface area contributed by atoms with Gasteiger partial charge in [0.1, 0.15) is 11.2 Å². The molecule has 1 atom stereocenters. The largest absolute Gasteiger partial charge is 0.496 e. The van der Waals surface area contributed by atoms with Crippen molar-refractivity contribution in [1.82, 2.24) is 0 Å². The topological polar surface area (TPSA) is 63.6 Å². The fourth-order valence-corrected chi connectivity index (χ4v) is 2.75. The minimum absolute atomic E-state index is 0.155. The van der Waals surface area contributed by atoms with Gasteiger partial charge in [-0.05, 0) is 30.9 Å². The highest BCUT2D eigenvalue weighted by molar-refractivity contribution is 6.03. The molecule has 1 aromatic rings. The maximum Gasteiger partial charge on any atom is 0.317 e. The molecule has 4 nitrogen and oxygen atoms in total. The Kier molecular flexibility index (Phi) is 3.88. The maximum atomic E-state index is 12.1. The second-order valence-electron chi connectivity index (χ2n) is 5.01. The number of ether oxygens (including phenoxy) is 1. The summed E-state index contributed by atoms with van der Waals surface area (Å²) >= 11 is 0. The summed E-state index contributed by atoms with van der Waals surface area (Å²) in [6.07, 6.45) is 2.57. The summed E-state index contributed by atoms with van der Waals surface area (Å²) in [5, 5.41) is 9.52. The van der Waals surface area contributed by atoms with Gasteiger partial charge in [-0.15, -0.1) is 0 Å². The lowest BCUT2D eigenvalue weighted by Gasteiger charge is -2.32. The standard InChI is InChI=1S/C15H18O4/c1-19-12-7-3-2-6-11(12)10-15(14(17)18)9-5-4-8-13(15)16/h2-3,6-7H,4-5,8-10H2,1H3,(H,17,18). The molecule has 102 valence electrons. The molecule has 0 amide bonds. The summed E-state index contributed by atoms with van der Waals surface area (Å²) in [6, 6.07) is 7.28. The van der Waals surface area contributed by atoms with Gasteiger partial charge in [-0.25, -0.2) is 0 Å². The number of Topliss-reactive ketones (excluding diaryl/α,β-unsaturated/α-hetero) is 1. The van der Waals surface area contributed by atoms with Crippen molar-refractivity contribution in [3.05, 3.63) is 29.8 Å². The van der Waals surface area contributed by atoms with Gasteiger partial charge in [0.15, 0.2) is 5.78 Å². The minimum Gasteiger partial charge on any atom is -0.496 e. The highest BCUT2D eigenvalue weighted by atomic mass is 16.5. The van der Waals surface area contributed by atoms with E-state index in [1.54, 1.807) is 13.2 Å². The lowest BCUT2D eigenvalue weighted by atomic mass is 9.69. The van der Waals surface area contributed by atoms with Crippen molar-refractivity contribution < 1.29 is 19.4 Å². The predicted molar refractivity (Wildman–Crippen MR) is 70.2 cm³/mol. The monoisotopic (exact) mass is 262 g/mol. The number of carbonyl (C=O) groups excluding carboxylic acids is 1. The van der Waals surface area contributed by atoms with Crippen LogP contribution in [0.25, 0.3) is 0 Å². The Bertz CT molecular complexity index is 495. The first kappa shape index (κ1) is 13.6. The van der Waals surface area contributed by atoms with E-state index < -0.39 is 11.4 Å². The van der Waals surface area contributed by atoms with Gasteiger partial charge >= 0.3 is 5.97 Å². The van der Waals surface area contributed by atoms with E-state index in [9.17, 15) is 14.7 Å². The van der Waals surface area contributed by atoms with E-state index in [4.69, 9.17) is 4.74 Å². The fraction of sp³-hybridized carbons (Fsp3) is 0.467. The van der Waals surface area contributed by atoms with Crippen LogP contribution in [0.2, 0.25) is 0 Å². The number of hydrogen-bond donors (Lipinski definition) is 1. The Morgan fingerprint density at radius 2 is 2.11 bits per heavy atom. The number of benzene rings is 1. The van der Waals surface area contributed by atoms with Crippen LogP contribution in [0.1, 0.15) is 31.2 Å². The quantitative estimate of drug-likeness (QED) is 0.846. The molecular weight excluding hydrogens is 244 g/mol. The van der Waals surface area contributed by atoms with Crippen molar-refractivity contribution in [2.45, 2.75) is 32.1 Å². The Balaban J connectivity index is 2.36. The van der Waals surface area contributed by atoms with Crippen molar-refractivity contribution in [3.63, 3.8) is 0 Å². The Hall–Kier alpha value is -1.84. The summed E-state index contributed by atoms with van der Waals surface area (Å²) in [7, 11) is 1.55. The second-order valence-corrected chi connectivity index (χ2v) is 5.01. The number of para-hydroxylation sites is 1. The second kappa shape index (κ2) is 5.43. The SMILES string of the molecule is COc1ccccc1CC1(C(=O)O)CCCCC1=O. The molecule has 0 bridgehead atoms. The molecule has 1 saturated carbocycles. The van der Waals surface area contributed by atoms with Gasteiger partial charge in [-0.2, -0.15) is 0 Å². The molecule has 0 radical (unpaired) electrons. The zero-order valence-electron chi connectivity index (χ0n) is 11.0. The van der Waals surface area contributed by atoms with Crippen LogP contribution in [-0.4, -0.2) is 24.0 Å². The van der Waals surface area contributed by atoms with E-state index in [2.05, 4.69) is 0 Å². The molecule has 1 aliphatic rings. The Morgan fingerprint density at radius 3 is 2.74 bits per heavy atom. The van der Waals surface area contributed by atoms with Crippen LogP contribution in [0.4, 0.5) is 0 Å². The minimum atomic E-state index is -1.27. The van der Waals surface area contributed by atoms with Crippen LogP contribution in [-0.2, 0) is 16.0 Å². The summed E-state index contributed by atoms with van der Waals surface area (Å²) in [6.45, 7) is 0. The van der Waals surface area contributed by atoms with Gasteiger partial charge in [0.2, 0.25) is 0 Å². The third-order valence-corrected chi connectivity index (χ3v) is 3.89. The van der Waals surface area contributed by atoms with Crippen molar-refractivity contribution in [2.24, 2.45) is 5.41 Å². The smallest absolute Gasteiger partial charge is 0.317 e. The Labute approximate surface area is 112 Å².